The number of aliphatic imine (C=N–C) groups is 1. The van der Waals surface area contributed by atoms with Crippen molar-refractivity contribution in [1.82, 2.24) is 24.6 Å². The molecule has 0 aliphatic carbocycles. The number of aromatic amines is 1. The zero-order valence-electron chi connectivity index (χ0n) is 23.5. The summed E-state index contributed by atoms with van der Waals surface area (Å²) in [6.45, 7) is 6.84. The molecule has 2 aromatic carbocycles. The van der Waals surface area contributed by atoms with Gasteiger partial charge in [0.15, 0.2) is 11.9 Å². The van der Waals surface area contributed by atoms with E-state index in [-0.39, 0.29) is 29.6 Å². The van der Waals surface area contributed by atoms with Gasteiger partial charge in [0, 0.05) is 20.5 Å². The van der Waals surface area contributed by atoms with Crippen molar-refractivity contribution in [1.29, 1.82) is 0 Å². The van der Waals surface area contributed by atoms with Crippen LogP contribution in [0.3, 0.4) is 0 Å². The Hall–Kier alpha value is -3.64. The highest BCUT2D eigenvalue weighted by Crippen LogP contribution is 2.38. The molecule has 2 aromatic heterocycles. The van der Waals surface area contributed by atoms with E-state index >= 15 is 0 Å². The Labute approximate surface area is 234 Å². The Bertz CT molecular complexity index is 1490. The minimum Gasteiger partial charge on any atom is -0.405 e. The van der Waals surface area contributed by atoms with Crippen LogP contribution in [0.2, 0.25) is 5.04 Å². The van der Waals surface area contributed by atoms with Crippen molar-refractivity contribution in [3.05, 3.63) is 77.2 Å². The van der Waals surface area contributed by atoms with Gasteiger partial charge in [-0.15, -0.1) is 0 Å². The van der Waals surface area contributed by atoms with Crippen LogP contribution in [0.25, 0.3) is 11.0 Å². The molecule has 1 fully saturated rings. The molecule has 40 heavy (non-hydrogen) atoms. The van der Waals surface area contributed by atoms with Gasteiger partial charge in [-0.25, -0.2) is 9.67 Å². The Morgan fingerprint density at radius 2 is 1.77 bits per heavy atom. The van der Waals surface area contributed by atoms with E-state index in [1.807, 2.05) is 50.5 Å². The molecule has 0 spiro atoms. The predicted molar refractivity (Wildman–Crippen MR) is 158 cm³/mol. The Balaban J connectivity index is 1.44. The van der Waals surface area contributed by atoms with Crippen LogP contribution < -0.4 is 15.9 Å². The van der Waals surface area contributed by atoms with Crippen LogP contribution >= 0.6 is 0 Å². The van der Waals surface area contributed by atoms with Crippen molar-refractivity contribution >= 4 is 42.0 Å². The van der Waals surface area contributed by atoms with Crippen LogP contribution in [0.4, 0.5) is 5.95 Å². The van der Waals surface area contributed by atoms with Crippen molar-refractivity contribution < 1.29 is 14.3 Å². The number of hydrogen-bond acceptors (Lipinski definition) is 7. The molecule has 11 heteroatoms. The van der Waals surface area contributed by atoms with Gasteiger partial charge in [0.05, 0.1) is 25.2 Å². The van der Waals surface area contributed by atoms with Gasteiger partial charge in [-0.1, -0.05) is 81.4 Å². The molecule has 10 nitrogen and oxygen atoms in total. The number of hydrogen-bond donors (Lipinski definition) is 2. The fourth-order valence-electron chi connectivity index (χ4n) is 5.35. The second-order valence-corrected chi connectivity index (χ2v) is 15.6. The van der Waals surface area contributed by atoms with Crippen molar-refractivity contribution in [3.63, 3.8) is 0 Å². The maximum atomic E-state index is 12.6. The third kappa shape index (κ3) is 5.25. The van der Waals surface area contributed by atoms with E-state index in [1.54, 1.807) is 15.9 Å². The SMILES string of the molecule is CN(C)/C=N\c1nc2c(cnn2[C@H]2C[C@@H](O)[C@@H](CO[Si](c3ccccc3)(c3ccccc3)C(C)(C)C)O2)c(=O)[nH]1. The lowest BCUT2D eigenvalue weighted by Crippen LogP contribution is -2.67. The van der Waals surface area contributed by atoms with Gasteiger partial charge < -0.3 is 19.2 Å². The van der Waals surface area contributed by atoms with Gasteiger partial charge in [0.1, 0.15) is 11.5 Å². The molecule has 1 aliphatic heterocycles. The molecule has 0 bridgehead atoms. The summed E-state index contributed by atoms with van der Waals surface area (Å²) < 4.78 is 14.9. The lowest BCUT2D eigenvalue weighted by atomic mass is 10.2. The molecule has 3 heterocycles. The van der Waals surface area contributed by atoms with Crippen LogP contribution in [0.15, 0.2) is 76.6 Å². The quantitative estimate of drug-likeness (QED) is 0.193. The maximum Gasteiger partial charge on any atom is 0.263 e. The highest BCUT2D eigenvalue weighted by Gasteiger charge is 2.51. The summed E-state index contributed by atoms with van der Waals surface area (Å²) in [6.07, 6.45) is 1.33. The fraction of sp³-hybridized carbons (Fsp3) is 0.379. The average molecular weight is 561 g/mol. The molecule has 3 atom stereocenters. The third-order valence-corrected chi connectivity index (χ3v) is 12.2. The normalized spacial score (nSPS) is 20.0. The van der Waals surface area contributed by atoms with Gasteiger partial charge in [-0.2, -0.15) is 10.1 Å². The van der Waals surface area contributed by atoms with Crippen LogP contribution in [0.1, 0.15) is 33.4 Å². The standard InChI is InChI=1S/C29H36N6O4Si/c1-29(2,3)40(20-12-8-6-9-13-20,21-14-10-7-11-15-21)38-18-24-23(36)16-25(39-24)35-26-22(17-31-35)27(37)33-28(32-26)30-19-34(4)5/h6-15,17,19,23-25,36H,16,18H2,1-5H3,(H,32,33,37)/b30-19-/t23-,24-,25-/m1/s1. The van der Waals surface area contributed by atoms with Gasteiger partial charge in [0.25, 0.3) is 13.9 Å². The fourth-order valence-corrected chi connectivity index (χ4v) is 9.92. The van der Waals surface area contributed by atoms with Crippen molar-refractivity contribution in [2.45, 2.75) is 50.7 Å². The zero-order chi connectivity index (χ0) is 28.5. The zero-order valence-corrected chi connectivity index (χ0v) is 24.5. The maximum absolute atomic E-state index is 12.6. The Kier molecular flexibility index (Phi) is 7.73. The Morgan fingerprint density at radius 3 is 2.35 bits per heavy atom. The number of aliphatic hydroxyl groups excluding tert-OH is 1. The van der Waals surface area contributed by atoms with Crippen LogP contribution in [0, 0.1) is 0 Å². The molecule has 1 saturated heterocycles. The second-order valence-electron chi connectivity index (χ2n) is 11.3. The van der Waals surface area contributed by atoms with Crippen molar-refractivity contribution in [3.8, 4) is 0 Å². The van der Waals surface area contributed by atoms with Crippen molar-refractivity contribution in [2.75, 3.05) is 20.7 Å². The number of H-pyrrole nitrogens is 1. The molecular weight excluding hydrogens is 524 g/mol. The number of benzene rings is 2. The molecule has 210 valence electrons. The molecule has 0 amide bonds. The summed E-state index contributed by atoms with van der Waals surface area (Å²) >= 11 is 0. The Morgan fingerprint density at radius 1 is 1.15 bits per heavy atom. The number of aromatic nitrogens is 4. The summed E-state index contributed by atoms with van der Waals surface area (Å²) in [5.41, 5.74) is 0.00711. The first-order valence-corrected chi connectivity index (χ1v) is 15.3. The summed E-state index contributed by atoms with van der Waals surface area (Å²) in [7, 11) is 0.850. The molecule has 1 aliphatic rings. The van der Waals surface area contributed by atoms with E-state index in [0.717, 1.165) is 10.4 Å². The number of ether oxygens (including phenoxy) is 1. The van der Waals surface area contributed by atoms with Gasteiger partial charge in [-0.05, 0) is 15.4 Å². The van der Waals surface area contributed by atoms with Crippen molar-refractivity contribution in [2.24, 2.45) is 4.99 Å². The molecule has 0 saturated carbocycles. The smallest absolute Gasteiger partial charge is 0.263 e. The number of fused-ring (bicyclic) bond motifs is 1. The first-order chi connectivity index (χ1) is 19.1. The molecule has 5 rings (SSSR count). The molecule has 0 unspecified atom stereocenters. The van der Waals surface area contributed by atoms with E-state index in [4.69, 9.17) is 9.16 Å². The summed E-state index contributed by atoms with van der Waals surface area (Å²) in [6, 6.07) is 20.7. The molecule has 4 aromatic rings. The van der Waals surface area contributed by atoms with Crippen LogP contribution in [-0.4, -0.2) is 77.3 Å². The van der Waals surface area contributed by atoms with E-state index in [1.165, 1.54) is 6.20 Å². The largest absolute Gasteiger partial charge is 0.405 e. The van der Waals surface area contributed by atoms with Crippen LogP contribution in [-0.2, 0) is 9.16 Å². The van der Waals surface area contributed by atoms with Gasteiger partial charge >= 0.3 is 0 Å². The lowest BCUT2D eigenvalue weighted by molar-refractivity contribution is -0.0438. The summed E-state index contributed by atoms with van der Waals surface area (Å²) in [5.74, 6) is 0.165. The molecule has 0 radical (unpaired) electrons. The highest BCUT2D eigenvalue weighted by atomic mass is 28.4. The number of rotatable bonds is 8. The van der Waals surface area contributed by atoms with E-state index in [0.29, 0.717) is 11.0 Å². The summed E-state index contributed by atoms with van der Waals surface area (Å²) in [5, 5.41) is 17.9. The predicted octanol–water partition coefficient (Wildman–Crippen LogP) is 2.57. The first-order valence-electron chi connectivity index (χ1n) is 13.4. The number of nitrogens with zero attached hydrogens (tertiary/aromatic N) is 5. The third-order valence-electron chi connectivity index (χ3n) is 7.22. The van der Waals surface area contributed by atoms with E-state index < -0.39 is 26.8 Å². The highest BCUT2D eigenvalue weighted by molar-refractivity contribution is 6.99. The second kappa shape index (κ2) is 11.1. The number of aliphatic hydroxyl groups is 1. The summed E-state index contributed by atoms with van der Waals surface area (Å²) in [4.78, 5) is 25.8. The minimum atomic E-state index is -2.80. The molecular formula is C29H36N6O4Si. The topological polar surface area (TPSA) is 118 Å². The van der Waals surface area contributed by atoms with E-state index in [9.17, 15) is 9.90 Å². The number of nitrogens with one attached hydrogen (secondary N) is 1. The van der Waals surface area contributed by atoms with E-state index in [2.05, 4.69) is 65.1 Å². The van der Waals surface area contributed by atoms with Gasteiger partial charge in [-0.3, -0.25) is 9.78 Å². The molecule has 2 N–H and O–H groups in total. The lowest BCUT2D eigenvalue weighted by Gasteiger charge is -2.43. The van der Waals surface area contributed by atoms with Gasteiger partial charge in [0.2, 0.25) is 5.95 Å². The monoisotopic (exact) mass is 560 g/mol. The minimum absolute atomic E-state index is 0.165. The van der Waals surface area contributed by atoms with Crippen LogP contribution in [0.5, 0.6) is 0 Å². The average Bonchev–Trinajstić information content (AvgIpc) is 3.52. The first kappa shape index (κ1) is 27.9.